The molecule has 98 valence electrons. The van der Waals surface area contributed by atoms with Crippen LogP contribution in [0.1, 0.15) is 23.1 Å². The fourth-order valence-electron chi connectivity index (χ4n) is 1.59. The second-order valence-electron chi connectivity index (χ2n) is 4.42. The molecule has 0 fully saturated rings. The van der Waals surface area contributed by atoms with E-state index in [4.69, 9.17) is 0 Å². The predicted molar refractivity (Wildman–Crippen MR) is 69.0 cm³/mol. The van der Waals surface area contributed by atoms with Gasteiger partial charge in [-0.1, -0.05) is 18.2 Å². The van der Waals surface area contributed by atoms with Gasteiger partial charge in [0.25, 0.3) is 0 Å². The van der Waals surface area contributed by atoms with E-state index in [1.165, 1.54) is 23.1 Å². The number of hydrogen-bond donors (Lipinski definition) is 0. The first-order valence-electron chi connectivity index (χ1n) is 5.81. The van der Waals surface area contributed by atoms with Gasteiger partial charge in [0.05, 0.1) is 7.11 Å². The number of ether oxygens (including phenoxy) is 1. The van der Waals surface area contributed by atoms with Gasteiger partial charge in [0, 0.05) is 13.6 Å². The standard InChI is InChI=1S/C14H19NO3/c1-10-5-6-12(7-11(10)2)9-15(3)13(16)8-14(17)18-4/h5-7H,8-9H2,1-4H3. The highest BCUT2D eigenvalue weighted by atomic mass is 16.5. The Morgan fingerprint density at radius 1 is 1.22 bits per heavy atom. The monoisotopic (exact) mass is 249 g/mol. The SMILES string of the molecule is COC(=O)CC(=O)N(C)Cc1ccc(C)c(C)c1. The number of aryl methyl sites for hydroxylation is 2. The Labute approximate surface area is 108 Å². The van der Waals surface area contributed by atoms with E-state index in [9.17, 15) is 9.59 Å². The summed E-state index contributed by atoms with van der Waals surface area (Å²) in [6.07, 6.45) is -0.210. The Balaban J connectivity index is 2.63. The first kappa shape index (κ1) is 14.2. The smallest absolute Gasteiger partial charge is 0.315 e. The third-order valence-corrected chi connectivity index (χ3v) is 2.94. The van der Waals surface area contributed by atoms with Crippen LogP contribution in [0, 0.1) is 13.8 Å². The molecule has 1 rings (SSSR count). The molecule has 1 aromatic rings. The van der Waals surface area contributed by atoms with Crippen LogP contribution in [-0.4, -0.2) is 30.9 Å². The molecule has 0 aromatic heterocycles. The number of benzene rings is 1. The van der Waals surface area contributed by atoms with E-state index >= 15 is 0 Å². The molecule has 0 saturated carbocycles. The van der Waals surface area contributed by atoms with Crippen LogP contribution in [0.4, 0.5) is 0 Å². The van der Waals surface area contributed by atoms with Crippen molar-refractivity contribution in [3.63, 3.8) is 0 Å². The second kappa shape index (κ2) is 6.19. The predicted octanol–water partition coefficient (Wildman–Crippen LogP) is 1.82. The molecule has 1 amide bonds. The molecule has 0 spiro atoms. The summed E-state index contributed by atoms with van der Waals surface area (Å²) in [4.78, 5) is 24.2. The molecule has 0 aliphatic carbocycles. The molecule has 0 bridgehead atoms. The van der Waals surface area contributed by atoms with Crippen LogP contribution < -0.4 is 0 Å². The summed E-state index contributed by atoms with van der Waals surface area (Å²) in [6, 6.07) is 6.07. The van der Waals surface area contributed by atoms with E-state index in [1.54, 1.807) is 7.05 Å². The lowest BCUT2D eigenvalue weighted by Crippen LogP contribution is -2.28. The molecule has 4 nitrogen and oxygen atoms in total. The third-order valence-electron chi connectivity index (χ3n) is 2.94. The summed E-state index contributed by atoms with van der Waals surface area (Å²) < 4.78 is 4.47. The van der Waals surface area contributed by atoms with Crippen LogP contribution >= 0.6 is 0 Å². The molecule has 0 unspecified atom stereocenters. The Kier molecular flexibility index (Phi) is 4.89. The zero-order valence-electron chi connectivity index (χ0n) is 11.3. The van der Waals surface area contributed by atoms with Gasteiger partial charge in [-0.3, -0.25) is 9.59 Å². The number of esters is 1. The second-order valence-corrected chi connectivity index (χ2v) is 4.42. The first-order chi connectivity index (χ1) is 8.43. The van der Waals surface area contributed by atoms with Crippen molar-refractivity contribution in [1.29, 1.82) is 0 Å². The van der Waals surface area contributed by atoms with E-state index in [0.717, 1.165) is 5.56 Å². The van der Waals surface area contributed by atoms with Crippen molar-refractivity contribution in [2.45, 2.75) is 26.8 Å². The van der Waals surface area contributed by atoms with Crippen LogP contribution in [0.3, 0.4) is 0 Å². The highest BCUT2D eigenvalue weighted by Crippen LogP contribution is 2.11. The number of nitrogens with zero attached hydrogens (tertiary/aromatic N) is 1. The zero-order chi connectivity index (χ0) is 13.7. The molecule has 18 heavy (non-hydrogen) atoms. The van der Waals surface area contributed by atoms with Crippen molar-refractivity contribution in [1.82, 2.24) is 4.90 Å². The Morgan fingerprint density at radius 3 is 2.44 bits per heavy atom. The van der Waals surface area contributed by atoms with E-state index in [-0.39, 0.29) is 12.3 Å². The molecular formula is C14H19NO3. The van der Waals surface area contributed by atoms with Crippen LogP contribution in [0.15, 0.2) is 18.2 Å². The summed E-state index contributed by atoms with van der Waals surface area (Å²) in [5, 5.41) is 0. The molecule has 0 aliphatic rings. The highest BCUT2D eigenvalue weighted by molar-refractivity contribution is 5.94. The molecule has 0 atom stereocenters. The van der Waals surface area contributed by atoms with Crippen LogP contribution in [0.2, 0.25) is 0 Å². The van der Waals surface area contributed by atoms with Crippen molar-refractivity contribution >= 4 is 11.9 Å². The molecular weight excluding hydrogens is 230 g/mol. The summed E-state index contributed by atoms with van der Waals surface area (Å²) in [7, 11) is 2.96. The maximum absolute atomic E-state index is 11.7. The van der Waals surface area contributed by atoms with Gasteiger partial charge in [0.2, 0.25) is 5.91 Å². The third kappa shape index (κ3) is 3.87. The molecule has 1 aromatic carbocycles. The summed E-state index contributed by atoms with van der Waals surface area (Å²) in [6.45, 7) is 4.58. The van der Waals surface area contributed by atoms with Crippen LogP contribution in [0.5, 0.6) is 0 Å². The van der Waals surface area contributed by atoms with E-state index < -0.39 is 5.97 Å². The number of carbonyl (C=O) groups excluding carboxylic acids is 2. The maximum atomic E-state index is 11.7. The summed E-state index contributed by atoms with van der Waals surface area (Å²) >= 11 is 0. The van der Waals surface area contributed by atoms with Gasteiger partial charge < -0.3 is 9.64 Å². The lowest BCUT2D eigenvalue weighted by atomic mass is 10.1. The van der Waals surface area contributed by atoms with Crippen molar-refractivity contribution in [3.8, 4) is 0 Å². The lowest BCUT2D eigenvalue weighted by Gasteiger charge is -2.17. The van der Waals surface area contributed by atoms with Crippen LogP contribution in [-0.2, 0) is 20.9 Å². The van der Waals surface area contributed by atoms with Gasteiger partial charge in [-0.25, -0.2) is 0 Å². The van der Waals surface area contributed by atoms with Gasteiger partial charge in [-0.05, 0) is 30.5 Å². The van der Waals surface area contributed by atoms with Crippen LogP contribution in [0.25, 0.3) is 0 Å². The Morgan fingerprint density at radius 2 is 1.89 bits per heavy atom. The normalized spacial score (nSPS) is 10.0. The molecule has 0 N–H and O–H groups in total. The average Bonchev–Trinajstić information content (AvgIpc) is 2.33. The fourth-order valence-corrected chi connectivity index (χ4v) is 1.59. The number of rotatable bonds is 4. The van der Waals surface area contributed by atoms with E-state index in [2.05, 4.69) is 10.8 Å². The Bertz CT molecular complexity index is 454. The van der Waals surface area contributed by atoms with Crippen molar-refractivity contribution in [2.24, 2.45) is 0 Å². The van der Waals surface area contributed by atoms with Gasteiger partial charge in [-0.15, -0.1) is 0 Å². The number of carbonyl (C=O) groups is 2. The van der Waals surface area contributed by atoms with Gasteiger partial charge in [0.15, 0.2) is 0 Å². The van der Waals surface area contributed by atoms with Gasteiger partial charge in [-0.2, -0.15) is 0 Å². The quantitative estimate of drug-likeness (QED) is 0.604. The molecule has 0 aliphatic heterocycles. The maximum Gasteiger partial charge on any atom is 0.315 e. The minimum absolute atomic E-state index is 0.210. The number of hydrogen-bond acceptors (Lipinski definition) is 3. The minimum atomic E-state index is -0.507. The van der Waals surface area contributed by atoms with Crippen molar-refractivity contribution < 1.29 is 14.3 Å². The summed E-state index contributed by atoms with van der Waals surface area (Å²) in [5.41, 5.74) is 3.47. The zero-order valence-corrected chi connectivity index (χ0v) is 11.3. The summed E-state index contributed by atoms with van der Waals surface area (Å²) in [5.74, 6) is -0.744. The molecule has 0 radical (unpaired) electrons. The van der Waals surface area contributed by atoms with Gasteiger partial charge >= 0.3 is 5.97 Å². The fraction of sp³-hybridized carbons (Fsp3) is 0.429. The largest absolute Gasteiger partial charge is 0.469 e. The van der Waals surface area contributed by atoms with Crippen molar-refractivity contribution in [3.05, 3.63) is 34.9 Å². The lowest BCUT2D eigenvalue weighted by molar-refractivity contribution is -0.146. The average molecular weight is 249 g/mol. The van der Waals surface area contributed by atoms with E-state index in [1.807, 2.05) is 26.0 Å². The molecule has 4 heteroatoms. The molecule has 0 saturated heterocycles. The number of methoxy groups -OCH3 is 1. The molecule has 0 heterocycles. The number of amides is 1. The Hall–Kier alpha value is -1.84. The van der Waals surface area contributed by atoms with Crippen molar-refractivity contribution in [2.75, 3.05) is 14.2 Å². The van der Waals surface area contributed by atoms with Gasteiger partial charge in [0.1, 0.15) is 6.42 Å². The minimum Gasteiger partial charge on any atom is -0.469 e. The van der Waals surface area contributed by atoms with E-state index in [0.29, 0.717) is 6.54 Å². The first-order valence-corrected chi connectivity index (χ1v) is 5.81. The highest BCUT2D eigenvalue weighted by Gasteiger charge is 2.14. The topological polar surface area (TPSA) is 46.6 Å².